The molecule has 0 aliphatic carbocycles. The molecule has 0 spiro atoms. The van der Waals surface area contributed by atoms with Crippen molar-refractivity contribution in [3.05, 3.63) is 21.4 Å². The van der Waals surface area contributed by atoms with Gasteiger partial charge in [0.15, 0.2) is 0 Å². The lowest BCUT2D eigenvalue weighted by Crippen LogP contribution is -2.30. The van der Waals surface area contributed by atoms with Gasteiger partial charge in [-0.1, -0.05) is 6.92 Å². The molecule has 1 nitrogen and oxygen atoms in total. The van der Waals surface area contributed by atoms with Gasteiger partial charge in [0.1, 0.15) is 0 Å². The first-order chi connectivity index (χ1) is 7.70. The Hall–Kier alpha value is 0.01000. The standard InChI is InChI=1S/C13H21NS2/c1-4-12-9(2)7-13(16-12)10(3)14-11-5-6-15-8-11/h7,10-11,14H,4-6,8H2,1-3H3. The fraction of sp³-hybridized carbons (Fsp3) is 0.692. The predicted octanol–water partition coefficient (Wildman–Crippen LogP) is 3.78. The van der Waals surface area contributed by atoms with Gasteiger partial charge in [-0.05, 0) is 44.1 Å². The van der Waals surface area contributed by atoms with Crippen LogP contribution in [-0.4, -0.2) is 17.5 Å². The lowest BCUT2D eigenvalue weighted by Gasteiger charge is -2.17. The maximum atomic E-state index is 3.75. The number of hydrogen-bond donors (Lipinski definition) is 1. The van der Waals surface area contributed by atoms with Gasteiger partial charge < -0.3 is 5.32 Å². The van der Waals surface area contributed by atoms with Crippen LogP contribution in [0.3, 0.4) is 0 Å². The SMILES string of the molecule is CCc1sc(C(C)NC2CCSC2)cc1C. The van der Waals surface area contributed by atoms with Gasteiger partial charge in [-0.2, -0.15) is 11.8 Å². The number of thiophene rings is 1. The van der Waals surface area contributed by atoms with Crippen LogP contribution >= 0.6 is 23.1 Å². The van der Waals surface area contributed by atoms with Gasteiger partial charge in [-0.15, -0.1) is 11.3 Å². The Morgan fingerprint density at radius 2 is 2.38 bits per heavy atom. The maximum Gasteiger partial charge on any atom is 0.0388 e. The molecule has 0 amide bonds. The Morgan fingerprint density at radius 3 is 2.94 bits per heavy atom. The lowest BCUT2D eigenvalue weighted by atomic mass is 10.1. The molecule has 2 unspecified atom stereocenters. The molecule has 1 fully saturated rings. The highest BCUT2D eigenvalue weighted by Gasteiger charge is 2.19. The summed E-state index contributed by atoms with van der Waals surface area (Å²) in [6, 6.07) is 3.61. The number of hydrogen-bond acceptors (Lipinski definition) is 3. The zero-order chi connectivity index (χ0) is 11.5. The van der Waals surface area contributed by atoms with Gasteiger partial charge in [0.25, 0.3) is 0 Å². The van der Waals surface area contributed by atoms with Crippen LogP contribution in [0.2, 0.25) is 0 Å². The normalized spacial score (nSPS) is 22.6. The third-order valence-electron chi connectivity index (χ3n) is 3.20. The van der Waals surface area contributed by atoms with E-state index in [-0.39, 0.29) is 0 Å². The highest BCUT2D eigenvalue weighted by molar-refractivity contribution is 7.99. The van der Waals surface area contributed by atoms with Crippen LogP contribution in [0.25, 0.3) is 0 Å². The molecule has 0 aromatic carbocycles. The van der Waals surface area contributed by atoms with Crippen LogP contribution in [0.5, 0.6) is 0 Å². The molecule has 1 saturated heterocycles. The van der Waals surface area contributed by atoms with Gasteiger partial charge in [0.2, 0.25) is 0 Å². The van der Waals surface area contributed by atoms with Crippen molar-refractivity contribution in [1.29, 1.82) is 0 Å². The molecular weight excluding hydrogens is 234 g/mol. The summed E-state index contributed by atoms with van der Waals surface area (Å²) in [5, 5.41) is 3.75. The van der Waals surface area contributed by atoms with Gasteiger partial charge in [0.05, 0.1) is 0 Å². The predicted molar refractivity (Wildman–Crippen MR) is 75.7 cm³/mol. The third-order valence-corrected chi connectivity index (χ3v) is 5.93. The molecule has 2 atom stereocenters. The van der Waals surface area contributed by atoms with Crippen molar-refractivity contribution < 1.29 is 0 Å². The van der Waals surface area contributed by atoms with E-state index in [0.29, 0.717) is 6.04 Å². The zero-order valence-electron chi connectivity index (χ0n) is 10.4. The van der Waals surface area contributed by atoms with Crippen molar-refractivity contribution in [2.75, 3.05) is 11.5 Å². The summed E-state index contributed by atoms with van der Waals surface area (Å²) >= 11 is 4.05. The van der Waals surface area contributed by atoms with Gasteiger partial charge in [-0.3, -0.25) is 0 Å². The van der Waals surface area contributed by atoms with Crippen LogP contribution in [0, 0.1) is 6.92 Å². The molecule has 2 heterocycles. The second kappa shape index (κ2) is 5.56. The molecular formula is C13H21NS2. The first-order valence-corrected chi connectivity index (χ1v) is 8.10. The molecule has 16 heavy (non-hydrogen) atoms. The van der Waals surface area contributed by atoms with Gasteiger partial charge >= 0.3 is 0 Å². The van der Waals surface area contributed by atoms with E-state index < -0.39 is 0 Å². The lowest BCUT2D eigenvalue weighted by molar-refractivity contribution is 0.491. The Labute approximate surface area is 107 Å². The van der Waals surface area contributed by atoms with E-state index in [9.17, 15) is 0 Å². The van der Waals surface area contributed by atoms with E-state index in [1.54, 1.807) is 4.88 Å². The average molecular weight is 255 g/mol. The van der Waals surface area contributed by atoms with Crippen LogP contribution < -0.4 is 5.32 Å². The number of nitrogens with one attached hydrogen (secondary N) is 1. The minimum atomic E-state index is 0.521. The molecule has 1 aromatic rings. The smallest absolute Gasteiger partial charge is 0.0388 e. The molecule has 1 N–H and O–H groups in total. The van der Waals surface area contributed by atoms with Crippen molar-refractivity contribution in [3.8, 4) is 0 Å². The molecule has 90 valence electrons. The monoisotopic (exact) mass is 255 g/mol. The molecule has 0 radical (unpaired) electrons. The quantitative estimate of drug-likeness (QED) is 0.879. The van der Waals surface area contributed by atoms with Crippen molar-refractivity contribution in [2.24, 2.45) is 0 Å². The summed E-state index contributed by atoms with van der Waals surface area (Å²) in [5.41, 5.74) is 1.47. The van der Waals surface area contributed by atoms with E-state index in [4.69, 9.17) is 0 Å². The summed E-state index contributed by atoms with van der Waals surface area (Å²) in [6.07, 6.45) is 2.50. The van der Waals surface area contributed by atoms with E-state index in [1.165, 1.54) is 34.8 Å². The number of thioether (sulfide) groups is 1. The summed E-state index contributed by atoms with van der Waals surface area (Å²) in [7, 11) is 0. The summed E-state index contributed by atoms with van der Waals surface area (Å²) in [4.78, 5) is 3.05. The van der Waals surface area contributed by atoms with Crippen molar-refractivity contribution in [1.82, 2.24) is 5.32 Å². The Balaban J connectivity index is 1.99. The molecule has 1 aliphatic heterocycles. The first-order valence-electron chi connectivity index (χ1n) is 6.13. The summed E-state index contributed by atoms with van der Waals surface area (Å²) in [6.45, 7) is 6.78. The summed E-state index contributed by atoms with van der Waals surface area (Å²) < 4.78 is 0. The van der Waals surface area contributed by atoms with E-state index in [2.05, 4.69) is 43.9 Å². The van der Waals surface area contributed by atoms with E-state index in [0.717, 1.165) is 6.04 Å². The van der Waals surface area contributed by atoms with Gasteiger partial charge in [0, 0.05) is 27.6 Å². The number of rotatable bonds is 4. The minimum absolute atomic E-state index is 0.521. The van der Waals surface area contributed by atoms with Crippen molar-refractivity contribution in [3.63, 3.8) is 0 Å². The van der Waals surface area contributed by atoms with Crippen LogP contribution in [0.1, 0.15) is 41.6 Å². The molecule has 1 aromatic heterocycles. The highest BCUT2D eigenvalue weighted by atomic mass is 32.2. The Morgan fingerprint density at radius 1 is 1.56 bits per heavy atom. The molecule has 0 saturated carbocycles. The Bertz CT molecular complexity index is 340. The largest absolute Gasteiger partial charge is 0.306 e. The fourth-order valence-electron chi connectivity index (χ4n) is 2.21. The number of aryl methyl sites for hydroxylation is 2. The second-order valence-electron chi connectivity index (χ2n) is 4.56. The third kappa shape index (κ3) is 2.82. The van der Waals surface area contributed by atoms with Crippen LogP contribution in [0.15, 0.2) is 6.07 Å². The topological polar surface area (TPSA) is 12.0 Å². The van der Waals surface area contributed by atoms with E-state index >= 15 is 0 Å². The second-order valence-corrected chi connectivity index (χ2v) is 6.88. The minimum Gasteiger partial charge on any atom is -0.306 e. The average Bonchev–Trinajstić information content (AvgIpc) is 2.87. The van der Waals surface area contributed by atoms with Gasteiger partial charge in [-0.25, -0.2) is 0 Å². The molecule has 0 bridgehead atoms. The highest BCUT2D eigenvalue weighted by Crippen LogP contribution is 2.29. The maximum absolute atomic E-state index is 3.75. The summed E-state index contributed by atoms with van der Waals surface area (Å²) in [5.74, 6) is 2.61. The molecule has 1 aliphatic rings. The first kappa shape index (κ1) is 12.5. The zero-order valence-corrected chi connectivity index (χ0v) is 12.0. The molecule has 2 rings (SSSR count). The van der Waals surface area contributed by atoms with E-state index in [1.807, 2.05) is 11.3 Å². The Kier molecular flexibility index (Phi) is 4.34. The molecule has 3 heteroatoms. The van der Waals surface area contributed by atoms with Crippen molar-refractivity contribution >= 4 is 23.1 Å². The van der Waals surface area contributed by atoms with Crippen LogP contribution in [-0.2, 0) is 6.42 Å². The fourth-order valence-corrected chi connectivity index (χ4v) is 4.51. The van der Waals surface area contributed by atoms with Crippen LogP contribution in [0.4, 0.5) is 0 Å². The van der Waals surface area contributed by atoms with Crippen molar-refractivity contribution in [2.45, 2.75) is 45.7 Å².